The Labute approximate surface area is 120 Å². The van der Waals surface area contributed by atoms with Gasteiger partial charge in [0.25, 0.3) is 0 Å². The number of carbonyl (C=O) groups is 1. The molecule has 3 N–H and O–H groups in total. The van der Waals surface area contributed by atoms with Gasteiger partial charge in [0, 0.05) is 37.0 Å². The molecule has 1 unspecified atom stereocenters. The maximum absolute atomic E-state index is 11.8. The molecule has 0 radical (unpaired) electrons. The van der Waals surface area contributed by atoms with Crippen LogP contribution < -0.4 is 11.1 Å². The van der Waals surface area contributed by atoms with Gasteiger partial charge in [-0.15, -0.1) is 11.3 Å². The first kappa shape index (κ1) is 16.1. The Bertz CT molecular complexity index is 354. The van der Waals surface area contributed by atoms with Crippen molar-refractivity contribution in [1.29, 1.82) is 0 Å². The predicted molar refractivity (Wildman–Crippen MR) is 81.2 cm³/mol. The van der Waals surface area contributed by atoms with E-state index in [0.717, 1.165) is 26.1 Å². The smallest absolute Gasteiger partial charge is 0.221 e. The summed E-state index contributed by atoms with van der Waals surface area (Å²) < 4.78 is 0. The molecule has 1 heterocycles. The normalized spacial score (nSPS) is 12.6. The molecule has 0 aliphatic heterocycles. The van der Waals surface area contributed by atoms with E-state index >= 15 is 0 Å². The van der Waals surface area contributed by atoms with E-state index in [-0.39, 0.29) is 11.9 Å². The second-order valence-corrected chi connectivity index (χ2v) is 5.62. The highest BCUT2D eigenvalue weighted by Gasteiger charge is 2.19. The van der Waals surface area contributed by atoms with Gasteiger partial charge in [-0.3, -0.25) is 9.69 Å². The van der Waals surface area contributed by atoms with Crippen LogP contribution in [0, 0.1) is 0 Å². The first-order valence-electron chi connectivity index (χ1n) is 6.94. The molecule has 0 aliphatic carbocycles. The first-order chi connectivity index (χ1) is 9.21. The van der Waals surface area contributed by atoms with Crippen LogP contribution >= 0.6 is 11.3 Å². The van der Waals surface area contributed by atoms with Gasteiger partial charge in [0.15, 0.2) is 0 Å². The van der Waals surface area contributed by atoms with Crippen molar-refractivity contribution in [2.45, 2.75) is 39.3 Å². The van der Waals surface area contributed by atoms with Crippen LogP contribution in [0.4, 0.5) is 0 Å². The largest absolute Gasteiger partial charge is 0.356 e. The van der Waals surface area contributed by atoms with Gasteiger partial charge in [-0.25, -0.2) is 0 Å². The quantitative estimate of drug-likeness (QED) is 0.727. The van der Waals surface area contributed by atoms with Crippen LogP contribution in [0.25, 0.3) is 0 Å². The zero-order chi connectivity index (χ0) is 14.1. The van der Waals surface area contributed by atoms with E-state index in [1.165, 1.54) is 4.88 Å². The van der Waals surface area contributed by atoms with Crippen LogP contribution in [0.1, 0.15) is 31.6 Å². The molecular weight excluding hydrogens is 258 g/mol. The number of nitrogens with zero attached hydrogens (tertiary/aromatic N) is 1. The van der Waals surface area contributed by atoms with Gasteiger partial charge in [-0.2, -0.15) is 0 Å². The number of carbonyl (C=O) groups excluding carboxylic acids is 1. The summed E-state index contributed by atoms with van der Waals surface area (Å²) in [4.78, 5) is 15.4. The average Bonchev–Trinajstić information content (AvgIpc) is 2.93. The van der Waals surface area contributed by atoms with Crippen LogP contribution in [0.3, 0.4) is 0 Å². The van der Waals surface area contributed by atoms with Crippen LogP contribution in [0.2, 0.25) is 0 Å². The minimum atomic E-state index is 0.0990. The van der Waals surface area contributed by atoms with Crippen LogP contribution in [-0.2, 0) is 11.3 Å². The minimum Gasteiger partial charge on any atom is -0.356 e. The standard InChI is InChI=1S/C14H25N3OS/c1-3-7-16-14(18)9-12(10-15)17(4-2)11-13-6-5-8-19-13/h5-6,8,12H,3-4,7,9-11,15H2,1-2H3,(H,16,18). The Morgan fingerprint density at radius 1 is 1.53 bits per heavy atom. The number of likely N-dealkylation sites (N-methyl/N-ethyl adjacent to an activating group) is 1. The Morgan fingerprint density at radius 2 is 2.32 bits per heavy atom. The third kappa shape index (κ3) is 5.72. The van der Waals surface area contributed by atoms with Gasteiger partial charge in [0.2, 0.25) is 5.91 Å². The molecule has 108 valence electrons. The lowest BCUT2D eigenvalue weighted by atomic mass is 10.1. The molecule has 5 heteroatoms. The molecule has 4 nitrogen and oxygen atoms in total. The summed E-state index contributed by atoms with van der Waals surface area (Å²) in [5.41, 5.74) is 5.84. The van der Waals surface area contributed by atoms with Gasteiger partial charge < -0.3 is 11.1 Å². The fourth-order valence-corrected chi connectivity index (χ4v) is 2.74. The SMILES string of the molecule is CCCNC(=O)CC(CN)N(CC)Cc1cccs1. The molecule has 0 bridgehead atoms. The van der Waals surface area contributed by atoms with Crippen molar-refractivity contribution in [3.05, 3.63) is 22.4 Å². The highest BCUT2D eigenvalue weighted by atomic mass is 32.1. The van der Waals surface area contributed by atoms with Crippen LogP contribution in [-0.4, -0.2) is 36.5 Å². The first-order valence-corrected chi connectivity index (χ1v) is 7.82. The van der Waals surface area contributed by atoms with Crippen molar-refractivity contribution >= 4 is 17.2 Å². The molecule has 1 aromatic rings. The molecule has 0 fully saturated rings. The molecule has 1 amide bonds. The number of nitrogens with two attached hydrogens (primary N) is 1. The Morgan fingerprint density at radius 3 is 2.84 bits per heavy atom. The molecule has 1 atom stereocenters. The van der Waals surface area contributed by atoms with E-state index in [1.54, 1.807) is 11.3 Å². The van der Waals surface area contributed by atoms with Gasteiger partial charge >= 0.3 is 0 Å². The number of thiophene rings is 1. The van der Waals surface area contributed by atoms with Crippen molar-refractivity contribution in [3.8, 4) is 0 Å². The van der Waals surface area contributed by atoms with Crippen molar-refractivity contribution in [2.75, 3.05) is 19.6 Å². The fraction of sp³-hybridized carbons (Fsp3) is 0.643. The summed E-state index contributed by atoms with van der Waals surface area (Å²) in [6.07, 6.45) is 1.45. The second-order valence-electron chi connectivity index (χ2n) is 4.59. The molecule has 0 aromatic carbocycles. The van der Waals surface area contributed by atoms with E-state index in [9.17, 15) is 4.79 Å². The average molecular weight is 283 g/mol. The lowest BCUT2D eigenvalue weighted by molar-refractivity contribution is -0.122. The predicted octanol–water partition coefficient (Wildman–Crippen LogP) is 1.81. The number of hydrogen-bond donors (Lipinski definition) is 2. The van der Waals surface area contributed by atoms with Gasteiger partial charge in [0.05, 0.1) is 0 Å². The van der Waals surface area contributed by atoms with E-state index in [1.807, 2.05) is 0 Å². The molecule has 0 saturated carbocycles. The highest BCUT2D eigenvalue weighted by Crippen LogP contribution is 2.14. The van der Waals surface area contributed by atoms with Crippen LogP contribution in [0.15, 0.2) is 17.5 Å². The second kappa shape index (κ2) is 9.07. The fourth-order valence-electron chi connectivity index (χ4n) is 2.01. The summed E-state index contributed by atoms with van der Waals surface area (Å²) in [7, 11) is 0. The van der Waals surface area contributed by atoms with Gasteiger partial charge in [-0.05, 0) is 24.4 Å². The molecule has 0 saturated heterocycles. The molecule has 1 aromatic heterocycles. The minimum absolute atomic E-state index is 0.0990. The third-order valence-corrected chi connectivity index (χ3v) is 3.99. The number of amides is 1. The molecular formula is C14H25N3OS. The monoisotopic (exact) mass is 283 g/mol. The Hall–Kier alpha value is -0.910. The van der Waals surface area contributed by atoms with Crippen molar-refractivity contribution in [1.82, 2.24) is 10.2 Å². The van der Waals surface area contributed by atoms with Gasteiger partial charge in [-0.1, -0.05) is 19.9 Å². The summed E-state index contributed by atoms with van der Waals surface area (Å²) in [6, 6.07) is 4.29. The maximum Gasteiger partial charge on any atom is 0.221 e. The summed E-state index contributed by atoms with van der Waals surface area (Å²) in [5, 5.41) is 4.99. The van der Waals surface area contributed by atoms with E-state index in [0.29, 0.717) is 13.0 Å². The maximum atomic E-state index is 11.8. The summed E-state index contributed by atoms with van der Waals surface area (Å²) in [5.74, 6) is 0.0990. The van der Waals surface area contributed by atoms with E-state index in [2.05, 4.69) is 41.6 Å². The number of hydrogen-bond acceptors (Lipinski definition) is 4. The number of rotatable bonds is 9. The molecule has 0 spiro atoms. The van der Waals surface area contributed by atoms with Crippen molar-refractivity contribution in [2.24, 2.45) is 5.73 Å². The van der Waals surface area contributed by atoms with E-state index in [4.69, 9.17) is 5.73 Å². The third-order valence-electron chi connectivity index (χ3n) is 3.13. The molecule has 1 rings (SSSR count). The lowest BCUT2D eigenvalue weighted by Gasteiger charge is -2.29. The molecule has 19 heavy (non-hydrogen) atoms. The number of nitrogens with one attached hydrogen (secondary N) is 1. The van der Waals surface area contributed by atoms with E-state index < -0.39 is 0 Å². The molecule has 0 aliphatic rings. The Kier molecular flexibility index (Phi) is 7.70. The highest BCUT2D eigenvalue weighted by molar-refractivity contribution is 7.09. The summed E-state index contributed by atoms with van der Waals surface area (Å²) >= 11 is 1.74. The zero-order valence-corrected chi connectivity index (χ0v) is 12.7. The topological polar surface area (TPSA) is 58.4 Å². The summed E-state index contributed by atoms with van der Waals surface area (Å²) in [6.45, 7) is 7.19. The van der Waals surface area contributed by atoms with Crippen LogP contribution in [0.5, 0.6) is 0 Å². The van der Waals surface area contributed by atoms with Crippen molar-refractivity contribution in [3.63, 3.8) is 0 Å². The zero-order valence-electron chi connectivity index (χ0n) is 11.9. The lowest BCUT2D eigenvalue weighted by Crippen LogP contribution is -2.43. The van der Waals surface area contributed by atoms with Gasteiger partial charge in [0.1, 0.15) is 0 Å². The Balaban J connectivity index is 2.52. The van der Waals surface area contributed by atoms with Crippen molar-refractivity contribution < 1.29 is 4.79 Å².